The topological polar surface area (TPSA) is 38.7 Å². The molecule has 0 radical (unpaired) electrons. The van der Waals surface area contributed by atoms with Gasteiger partial charge in [-0.1, -0.05) is 121 Å². The van der Waals surface area contributed by atoms with Crippen molar-refractivity contribution in [3.05, 3.63) is 121 Å². The second-order valence-corrected chi connectivity index (χ2v) is 9.12. The van der Waals surface area contributed by atoms with E-state index in [1.54, 1.807) is 0 Å². The van der Waals surface area contributed by atoms with Gasteiger partial charge in [0, 0.05) is 19.0 Å². The van der Waals surface area contributed by atoms with Crippen molar-refractivity contribution in [2.45, 2.75) is 0 Å². The Bertz CT molecular complexity index is 1160. The van der Waals surface area contributed by atoms with Crippen LogP contribution in [0.25, 0.3) is 22.8 Å². The maximum absolute atomic E-state index is 4.99. The van der Waals surface area contributed by atoms with Crippen molar-refractivity contribution in [2.75, 3.05) is 0 Å². The lowest BCUT2D eigenvalue weighted by Crippen LogP contribution is -2.26. The van der Waals surface area contributed by atoms with Crippen LogP contribution in [0.3, 0.4) is 0 Å². The summed E-state index contributed by atoms with van der Waals surface area (Å²) >= 11 is 0. The van der Waals surface area contributed by atoms with Gasteiger partial charge in [0.1, 0.15) is 0 Å². The van der Waals surface area contributed by atoms with E-state index in [9.17, 15) is 0 Å². The molecule has 1 heterocycles. The minimum Gasteiger partial charge on any atom is -0.208 e. The first kappa shape index (κ1) is 19.3. The van der Waals surface area contributed by atoms with E-state index in [2.05, 4.69) is 48.5 Å². The third kappa shape index (κ3) is 4.28. The molecule has 1 aromatic heterocycles. The molecule has 0 amide bonds. The van der Waals surface area contributed by atoms with Crippen LogP contribution < -0.4 is 16.2 Å². The zero-order valence-electron chi connectivity index (χ0n) is 16.8. The third-order valence-electron chi connectivity index (χ3n) is 4.92. The first-order chi connectivity index (χ1) is 15.4. The van der Waals surface area contributed by atoms with Crippen LogP contribution in [0.1, 0.15) is 0 Å². The number of hydrogen-bond donors (Lipinski definition) is 0. The first-order valence-corrected chi connectivity index (χ1v) is 11.5. The Hall–Kier alpha value is -3.68. The van der Waals surface area contributed by atoms with E-state index in [1.165, 1.54) is 10.6 Å². The average Bonchev–Trinajstić information content (AvgIpc) is 2.86. The number of hydrogen-bond acceptors (Lipinski definition) is 3. The minimum absolute atomic E-state index is 0.698. The molecule has 0 unspecified atom stereocenters. The van der Waals surface area contributed by atoms with E-state index in [0.717, 1.165) is 16.7 Å². The Morgan fingerprint density at radius 1 is 0.387 bits per heavy atom. The largest absolute Gasteiger partial charge is 0.208 e. The maximum Gasteiger partial charge on any atom is 0.164 e. The quantitative estimate of drug-likeness (QED) is 0.379. The van der Waals surface area contributed by atoms with E-state index in [1.807, 2.05) is 72.8 Å². The molecule has 0 aliphatic heterocycles. The number of rotatable bonds is 5. The molecule has 0 N–H and O–H groups in total. The van der Waals surface area contributed by atoms with Gasteiger partial charge in [0.05, 0.1) is 0 Å². The van der Waals surface area contributed by atoms with Crippen LogP contribution >= 0.6 is 7.92 Å². The molecule has 0 aliphatic rings. The molecule has 4 aromatic carbocycles. The van der Waals surface area contributed by atoms with E-state index in [0.29, 0.717) is 11.6 Å². The molecule has 0 fully saturated rings. The third-order valence-corrected chi connectivity index (χ3v) is 7.15. The minimum atomic E-state index is -0.921. The van der Waals surface area contributed by atoms with Gasteiger partial charge in [0.25, 0.3) is 0 Å². The molecule has 4 heteroatoms. The van der Waals surface area contributed by atoms with Crippen LogP contribution in [0.2, 0.25) is 0 Å². The molecule has 0 aliphatic carbocycles. The van der Waals surface area contributed by atoms with Crippen molar-refractivity contribution in [3.8, 4) is 22.8 Å². The van der Waals surface area contributed by atoms with Gasteiger partial charge >= 0.3 is 0 Å². The maximum atomic E-state index is 4.99. The molecule has 0 saturated heterocycles. The van der Waals surface area contributed by atoms with Crippen LogP contribution in [0.4, 0.5) is 0 Å². The van der Waals surface area contributed by atoms with Gasteiger partial charge in [-0.2, -0.15) is 0 Å². The van der Waals surface area contributed by atoms with E-state index in [-0.39, 0.29) is 0 Å². The Labute approximate surface area is 183 Å². The fourth-order valence-electron chi connectivity index (χ4n) is 3.43. The monoisotopic (exact) mass is 417 g/mol. The van der Waals surface area contributed by atoms with Gasteiger partial charge in [-0.3, -0.25) is 0 Å². The van der Waals surface area contributed by atoms with Crippen LogP contribution in [-0.2, 0) is 0 Å². The predicted octanol–water partition coefficient (Wildman–Crippen LogP) is 4.96. The highest BCUT2D eigenvalue weighted by Gasteiger charge is 2.22. The standard InChI is InChI=1S/C27H20N3P/c1-5-13-21(14-6-1)25-28-26(22-15-7-2-8-16-22)30-27(29-25)31(23-17-9-3-10-18-23)24-19-11-4-12-20-24/h1-20H. The molecule has 0 spiro atoms. The summed E-state index contributed by atoms with van der Waals surface area (Å²) in [6.45, 7) is 0. The lowest BCUT2D eigenvalue weighted by molar-refractivity contribution is 1.11. The lowest BCUT2D eigenvalue weighted by Gasteiger charge is -2.18. The van der Waals surface area contributed by atoms with Gasteiger partial charge < -0.3 is 0 Å². The van der Waals surface area contributed by atoms with Gasteiger partial charge in [0.15, 0.2) is 17.2 Å². The average molecular weight is 417 g/mol. The highest BCUT2D eigenvalue weighted by atomic mass is 31.1. The number of nitrogens with zero attached hydrogens (tertiary/aromatic N) is 3. The SMILES string of the molecule is c1ccc(-c2nc(-c3ccccc3)nc(P(c3ccccc3)c3ccccc3)n2)cc1. The number of aromatic nitrogens is 3. The van der Waals surface area contributed by atoms with Crippen molar-refractivity contribution in [2.24, 2.45) is 0 Å². The van der Waals surface area contributed by atoms with E-state index >= 15 is 0 Å². The summed E-state index contributed by atoms with van der Waals surface area (Å²) < 4.78 is 0. The summed E-state index contributed by atoms with van der Waals surface area (Å²) in [6.07, 6.45) is 0. The van der Waals surface area contributed by atoms with Gasteiger partial charge in [-0.05, 0) is 10.6 Å². The molecule has 0 atom stereocenters. The first-order valence-electron chi connectivity index (χ1n) is 10.2. The molecular formula is C27H20N3P. The van der Waals surface area contributed by atoms with Gasteiger partial charge in [-0.25, -0.2) is 15.0 Å². The fraction of sp³-hybridized carbons (Fsp3) is 0. The van der Waals surface area contributed by atoms with E-state index < -0.39 is 7.92 Å². The molecule has 5 aromatic rings. The second kappa shape index (κ2) is 8.99. The van der Waals surface area contributed by atoms with Crippen molar-refractivity contribution < 1.29 is 0 Å². The number of benzene rings is 4. The fourth-order valence-corrected chi connectivity index (χ4v) is 5.52. The summed E-state index contributed by atoms with van der Waals surface area (Å²) in [5, 5.41) is 2.43. The molecule has 5 rings (SSSR count). The Balaban J connectivity index is 1.74. The van der Waals surface area contributed by atoms with E-state index in [4.69, 9.17) is 15.0 Å². The predicted molar refractivity (Wildman–Crippen MR) is 129 cm³/mol. The zero-order chi connectivity index (χ0) is 20.9. The van der Waals surface area contributed by atoms with Crippen LogP contribution in [0.5, 0.6) is 0 Å². The summed E-state index contributed by atoms with van der Waals surface area (Å²) in [5.74, 6) is 1.40. The highest BCUT2D eigenvalue weighted by molar-refractivity contribution is 7.79. The normalized spacial score (nSPS) is 10.9. The summed E-state index contributed by atoms with van der Waals surface area (Å²) in [7, 11) is -0.921. The van der Waals surface area contributed by atoms with Gasteiger partial charge in [0.2, 0.25) is 0 Å². The summed E-state index contributed by atoms with van der Waals surface area (Å²) in [5.41, 5.74) is 2.78. The molecule has 0 saturated carbocycles. The van der Waals surface area contributed by atoms with Crippen LogP contribution in [0, 0.1) is 0 Å². The zero-order valence-corrected chi connectivity index (χ0v) is 17.7. The Kier molecular flexibility index (Phi) is 5.60. The van der Waals surface area contributed by atoms with Crippen molar-refractivity contribution in [3.63, 3.8) is 0 Å². The van der Waals surface area contributed by atoms with Crippen molar-refractivity contribution in [1.82, 2.24) is 15.0 Å². The van der Waals surface area contributed by atoms with Gasteiger partial charge in [-0.15, -0.1) is 0 Å². The summed E-state index contributed by atoms with van der Waals surface area (Å²) in [6, 6.07) is 41.2. The summed E-state index contributed by atoms with van der Waals surface area (Å²) in [4.78, 5) is 14.8. The van der Waals surface area contributed by atoms with Crippen LogP contribution in [-0.4, -0.2) is 15.0 Å². The Morgan fingerprint density at radius 2 is 0.742 bits per heavy atom. The molecule has 3 nitrogen and oxygen atoms in total. The van der Waals surface area contributed by atoms with Crippen LogP contribution in [0.15, 0.2) is 121 Å². The lowest BCUT2D eigenvalue weighted by atomic mass is 10.2. The highest BCUT2D eigenvalue weighted by Crippen LogP contribution is 2.32. The van der Waals surface area contributed by atoms with Crippen molar-refractivity contribution >= 4 is 24.1 Å². The molecule has 148 valence electrons. The second-order valence-electron chi connectivity index (χ2n) is 7.02. The van der Waals surface area contributed by atoms with Crippen molar-refractivity contribution in [1.29, 1.82) is 0 Å². The Morgan fingerprint density at radius 3 is 1.13 bits per heavy atom. The molecular weight excluding hydrogens is 397 g/mol. The smallest absolute Gasteiger partial charge is 0.164 e. The molecule has 0 bridgehead atoms. The molecule has 31 heavy (non-hydrogen) atoms.